The Morgan fingerprint density at radius 3 is 2.76 bits per heavy atom. The van der Waals surface area contributed by atoms with Crippen LogP contribution in [0.1, 0.15) is 36.5 Å². The van der Waals surface area contributed by atoms with Crippen LogP contribution in [0.4, 0.5) is 5.69 Å². The van der Waals surface area contributed by atoms with Gasteiger partial charge in [-0.15, -0.1) is 11.3 Å². The molecule has 25 heavy (non-hydrogen) atoms. The number of Topliss-reactive ketones (excluding diaryl/α,β-unsaturated/α-hetero) is 1. The van der Waals surface area contributed by atoms with Gasteiger partial charge in [0.25, 0.3) is 0 Å². The van der Waals surface area contributed by atoms with Crippen LogP contribution in [-0.2, 0) is 9.59 Å². The summed E-state index contributed by atoms with van der Waals surface area (Å²) in [4.78, 5) is 28.5. The molecule has 4 rings (SSSR count). The molecule has 6 heteroatoms. The van der Waals surface area contributed by atoms with Gasteiger partial charge in [0.1, 0.15) is 0 Å². The molecule has 128 valence electrons. The second kappa shape index (κ2) is 6.71. The highest BCUT2D eigenvalue weighted by atomic mass is 79.9. The van der Waals surface area contributed by atoms with Gasteiger partial charge in [0.05, 0.1) is 10.7 Å². The van der Waals surface area contributed by atoms with E-state index in [4.69, 9.17) is 11.6 Å². The normalized spacial score (nSPS) is 20.9. The maximum absolute atomic E-state index is 13.0. The molecule has 0 bridgehead atoms. The molecule has 3 nitrogen and oxygen atoms in total. The maximum Gasteiger partial charge on any atom is 0.232 e. The summed E-state index contributed by atoms with van der Waals surface area (Å²) in [6.45, 7) is 0. The first kappa shape index (κ1) is 17.0. The Hall–Kier alpha value is -1.43. The summed E-state index contributed by atoms with van der Waals surface area (Å²) in [7, 11) is 0. The highest BCUT2D eigenvalue weighted by molar-refractivity contribution is 9.10. The molecule has 2 aromatic rings. The number of hydrogen-bond donors (Lipinski definition) is 0. The van der Waals surface area contributed by atoms with Crippen LogP contribution in [0.15, 0.2) is 51.5 Å². The third-order valence-electron chi connectivity index (χ3n) is 4.71. The highest BCUT2D eigenvalue weighted by Crippen LogP contribution is 2.45. The molecule has 2 heterocycles. The molecule has 0 radical (unpaired) electrons. The van der Waals surface area contributed by atoms with Crippen molar-refractivity contribution in [3.63, 3.8) is 0 Å². The average Bonchev–Trinajstić information content (AvgIpc) is 3.10. The Labute approximate surface area is 163 Å². The summed E-state index contributed by atoms with van der Waals surface area (Å²) in [6.07, 6.45) is 2.35. The van der Waals surface area contributed by atoms with E-state index in [1.165, 1.54) is 0 Å². The minimum absolute atomic E-state index is 0.00364. The van der Waals surface area contributed by atoms with Crippen LogP contribution in [-0.4, -0.2) is 11.7 Å². The zero-order valence-electron chi connectivity index (χ0n) is 13.3. The van der Waals surface area contributed by atoms with E-state index in [9.17, 15) is 9.59 Å². The van der Waals surface area contributed by atoms with Crippen LogP contribution in [0.5, 0.6) is 0 Å². The maximum atomic E-state index is 13.0. The summed E-state index contributed by atoms with van der Waals surface area (Å²) in [5.41, 5.74) is 2.28. The van der Waals surface area contributed by atoms with Gasteiger partial charge >= 0.3 is 0 Å². The number of benzene rings is 1. The zero-order valence-corrected chi connectivity index (χ0v) is 16.5. The second-order valence-electron chi connectivity index (χ2n) is 6.23. The lowest BCUT2D eigenvalue weighted by Gasteiger charge is -2.38. The quantitative estimate of drug-likeness (QED) is 0.606. The Morgan fingerprint density at radius 1 is 1.20 bits per heavy atom. The first-order valence-electron chi connectivity index (χ1n) is 8.14. The number of rotatable bonds is 2. The summed E-state index contributed by atoms with van der Waals surface area (Å²) in [5.74, 6) is 0.0298. The number of carbonyl (C=O) groups excluding carboxylic acids is 2. The van der Waals surface area contributed by atoms with Crippen molar-refractivity contribution in [1.82, 2.24) is 0 Å². The van der Waals surface area contributed by atoms with E-state index in [0.29, 0.717) is 23.6 Å². The van der Waals surface area contributed by atoms with Gasteiger partial charge < -0.3 is 0 Å². The number of hydrogen-bond acceptors (Lipinski definition) is 3. The third-order valence-corrected chi connectivity index (χ3v) is 6.49. The molecule has 1 aliphatic heterocycles. The molecule has 0 spiro atoms. The Morgan fingerprint density at radius 2 is 2.04 bits per heavy atom. The predicted molar refractivity (Wildman–Crippen MR) is 104 cm³/mol. The van der Waals surface area contributed by atoms with Crippen molar-refractivity contribution in [2.45, 2.75) is 31.6 Å². The van der Waals surface area contributed by atoms with Crippen molar-refractivity contribution in [1.29, 1.82) is 0 Å². The van der Waals surface area contributed by atoms with Gasteiger partial charge in [-0.05, 0) is 42.5 Å². The van der Waals surface area contributed by atoms with Gasteiger partial charge in [-0.25, -0.2) is 0 Å². The topological polar surface area (TPSA) is 37.4 Å². The number of anilines is 1. The number of nitrogens with zero attached hydrogens (tertiary/aromatic N) is 1. The highest BCUT2D eigenvalue weighted by Gasteiger charge is 2.40. The monoisotopic (exact) mass is 435 g/mol. The van der Waals surface area contributed by atoms with Gasteiger partial charge in [0, 0.05) is 39.4 Å². The predicted octanol–water partition coefficient (Wildman–Crippen LogP) is 5.69. The molecule has 0 N–H and O–H groups in total. The fourth-order valence-electron chi connectivity index (χ4n) is 3.67. The summed E-state index contributed by atoms with van der Waals surface area (Å²) in [5, 5.41) is 2.49. The van der Waals surface area contributed by atoms with Gasteiger partial charge in [-0.1, -0.05) is 33.6 Å². The number of amides is 1. The van der Waals surface area contributed by atoms with E-state index >= 15 is 0 Å². The lowest BCUT2D eigenvalue weighted by molar-refractivity contribution is -0.119. The van der Waals surface area contributed by atoms with Crippen molar-refractivity contribution in [2.75, 3.05) is 4.90 Å². The Bertz CT molecular complexity index is 891. The standard InChI is InChI=1S/C19H15BrClNO2S/c20-11-6-7-14(13(21)9-11)22-15-3-1-4-16(23)19(15)12(10-18(22)24)17-5-2-8-25-17/h2,5-9,12H,1,3-4,10H2/t12-/m1/s1. The molecule has 1 aliphatic carbocycles. The van der Waals surface area contributed by atoms with Crippen LogP contribution < -0.4 is 4.90 Å². The van der Waals surface area contributed by atoms with E-state index in [-0.39, 0.29) is 17.6 Å². The summed E-state index contributed by atoms with van der Waals surface area (Å²) < 4.78 is 0.857. The fraction of sp³-hybridized carbons (Fsp3) is 0.263. The average molecular weight is 437 g/mol. The van der Waals surface area contributed by atoms with E-state index in [1.807, 2.05) is 29.6 Å². The molecule has 0 saturated heterocycles. The number of carbonyl (C=O) groups is 2. The number of allylic oxidation sites excluding steroid dienone is 2. The fourth-order valence-corrected chi connectivity index (χ4v) is 5.26. The summed E-state index contributed by atoms with van der Waals surface area (Å²) in [6, 6.07) is 9.46. The SMILES string of the molecule is O=C1CCCC2=C1[C@@H](c1cccs1)CC(=O)N2c1ccc(Br)cc1Cl. The minimum Gasteiger partial charge on any atom is -0.294 e. The van der Waals surface area contributed by atoms with Gasteiger partial charge in [0.15, 0.2) is 5.78 Å². The van der Waals surface area contributed by atoms with Crippen LogP contribution >= 0.6 is 38.9 Å². The first-order chi connectivity index (χ1) is 12.1. The van der Waals surface area contributed by atoms with Crippen LogP contribution in [0.2, 0.25) is 5.02 Å². The van der Waals surface area contributed by atoms with Crippen molar-refractivity contribution < 1.29 is 9.59 Å². The van der Waals surface area contributed by atoms with Crippen LogP contribution in [0.3, 0.4) is 0 Å². The number of thiophene rings is 1. The molecule has 1 aromatic carbocycles. The van der Waals surface area contributed by atoms with Gasteiger partial charge in [0.2, 0.25) is 5.91 Å². The second-order valence-corrected chi connectivity index (χ2v) is 8.54. The Kier molecular flexibility index (Phi) is 4.56. The number of ketones is 1. The lowest BCUT2D eigenvalue weighted by Crippen LogP contribution is -2.40. The molecule has 1 aromatic heterocycles. The largest absolute Gasteiger partial charge is 0.294 e. The molecule has 0 unspecified atom stereocenters. The molecule has 2 aliphatic rings. The van der Waals surface area contributed by atoms with Crippen molar-refractivity contribution in [3.8, 4) is 0 Å². The van der Waals surface area contributed by atoms with E-state index in [1.54, 1.807) is 22.3 Å². The third kappa shape index (κ3) is 2.98. The van der Waals surface area contributed by atoms with Crippen LogP contribution in [0, 0.1) is 0 Å². The van der Waals surface area contributed by atoms with E-state index < -0.39 is 0 Å². The van der Waals surface area contributed by atoms with Crippen molar-refractivity contribution >= 4 is 56.2 Å². The van der Waals surface area contributed by atoms with Gasteiger partial charge in [-0.3, -0.25) is 14.5 Å². The van der Waals surface area contributed by atoms with E-state index in [2.05, 4.69) is 15.9 Å². The first-order valence-corrected chi connectivity index (χ1v) is 10.2. The van der Waals surface area contributed by atoms with Crippen molar-refractivity contribution in [2.24, 2.45) is 0 Å². The molecular formula is C19H15BrClNO2S. The molecule has 1 amide bonds. The molecule has 0 fully saturated rings. The number of halogens is 2. The zero-order chi connectivity index (χ0) is 17.6. The smallest absolute Gasteiger partial charge is 0.232 e. The lowest BCUT2D eigenvalue weighted by atomic mass is 9.79. The van der Waals surface area contributed by atoms with E-state index in [0.717, 1.165) is 33.5 Å². The molecule has 1 atom stereocenters. The Balaban J connectivity index is 1.88. The molecule has 0 saturated carbocycles. The molecular weight excluding hydrogens is 422 g/mol. The minimum atomic E-state index is -0.124. The summed E-state index contributed by atoms with van der Waals surface area (Å²) >= 11 is 11.4. The van der Waals surface area contributed by atoms with Crippen LogP contribution in [0.25, 0.3) is 0 Å². The van der Waals surface area contributed by atoms with Crippen molar-refractivity contribution in [3.05, 3.63) is 61.4 Å². The van der Waals surface area contributed by atoms with Gasteiger partial charge in [-0.2, -0.15) is 0 Å².